The van der Waals surface area contributed by atoms with Gasteiger partial charge in [0.05, 0.1) is 0 Å². The number of halogens is 1. The summed E-state index contributed by atoms with van der Waals surface area (Å²) in [6.07, 6.45) is 2.61. The Bertz CT molecular complexity index is 527. The molecule has 24 heavy (non-hydrogen) atoms. The number of likely N-dealkylation sites (tertiary alicyclic amines) is 1. The lowest BCUT2D eigenvalue weighted by Crippen LogP contribution is -2.46. The van der Waals surface area contributed by atoms with Crippen molar-refractivity contribution in [3.05, 3.63) is 34.3 Å². The Labute approximate surface area is 155 Å². The van der Waals surface area contributed by atoms with E-state index in [9.17, 15) is 0 Å². The molecule has 1 fully saturated rings. The van der Waals surface area contributed by atoms with Crippen LogP contribution in [0.4, 0.5) is 0 Å². The van der Waals surface area contributed by atoms with Gasteiger partial charge in [-0.2, -0.15) is 0 Å². The molecule has 2 rings (SSSR count). The van der Waals surface area contributed by atoms with E-state index in [0.717, 1.165) is 23.5 Å². The van der Waals surface area contributed by atoms with Gasteiger partial charge in [0, 0.05) is 44.2 Å². The SMILES string of the molecule is CN=C(NCC1CCCN(C(C)C)C1)N(C)Cc1ccc(Br)cc1. The van der Waals surface area contributed by atoms with Gasteiger partial charge < -0.3 is 15.1 Å². The van der Waals surface area contributed by atoms with E-state index in [1.807, 2.05) is 7.05 Å². The van der Waals surface area contributed by atoms with Crippen molar-refractivity contribution in [2.75, 3.05) is 33.7 Å². The van der Waals surface area contributed by atoms with Gasteiger partial charge in [-0.05, 0) is 56.8 Å². The van der Waals surface area contributed by atoms with Crippen LogP contribution in [0.3, 0.4) is 0 Å². The van der Waals surface area contributed by atoms with Gasteiger partial charge in [0.2, 0.25) is 0 Å². The Hall–Kier alpha value is -1.07. The summed E-state index contributed by atoms with van der Waals surface area (Å²) in [6.45, 7) is 8.88. The van der Waals surface area contributed by atoms with Crippen molar-refractivity contribution >= 4 is 21.9 Å². The lowest BCUT2D eigenvalue weighted by atomic mass is 9.97. The average molecular weight is 395 g/mol. The maximum atomic E-state index is 4.45. The van der Waals surface area contributed by atoms with Crippen LogP contribution in [0.1, 0.15) is 32.3 Å². The average Bonchev–Trinajstić information content (AvgIpc) is 2.57. The summed E-state index contributed by atoms with van der Waals surface area (Å²) >= 11 is 3.48. The fourth-order valence-corrected chi connectivity index (χ4v) is 3.56. The van der Waals surface area contributed by atoms with Gasteiger partial charge in [0.25, 0.3) is 0 Å². The van der Waals surface area contributed by atoms with Gasteiger partial charge in [-0.25, -0.2) is 0 Å². The molecule has 134 valence electrons. The second kappa shape index (κ2) is 9.42. The molecule has 1 saturated heterocycles. The standard InChI is InChI=1S/C19H31BrN4/c1-15(2)24-11-5-6-17(14-24)12-22-19(21-3)23(4)13-16-7-9-18(20)10-8-16/h7-10,15,17H,5-6,11-14H2,1-4H3,(H,21,22). The Morgan fingerprint density at radius 1 is 1.38 bits per heavy atom. The molecule has 1 aliphatic rings. The second-order valence-electron chi connectivity index (χ2n) is 7.01. The first-order valence-electron chi connectivity index (χ1n) is 8.90. The van der Waals surface area contributed by atoms with Crippen LogP contribution in [0, 0.1) is 5.92 Å². The summed E-state index contributed by atoms with van der Waals surface area (Å²) in [6, 6.07) is 9.11. The molecule has 0 amide bonds. The van der Waals surface area contributed by atoms with Crippen LogP contribution in [0.15, 0.2) is 33.7 Å². The van der Waals surface area contributed by atoms with E-state index in [-0.39, 0.29) is 0 Å². The minimum Gasteiger partial charge on any atom is -0.356 e. The highest BCUT2D eigenvalue weighted by Gasteiger charge is 2.22. The van der Waals surface area contributed by atoms with Crippen molar-refractivity contribution in [1.82, 2.24) is 15.1 Å². The normalized spacial score (nSPS) is 19.6. The molecule has 0 aliphatic carbocycles. The summed E-state index contributed by atoms with van der Waals surface area (Å²) in [5.74, 6) is 1.68. The van der Waals surface area contributed by atoms with E-state index in [0.29, 0.717) is 12.0 Å². The summed E-state index contributed by atoms with van der Waals surface area (Å²) in [7, 11) is 3.96. The number of guanidine groups is 1. The monoisotopic (exact) mass is 394 g/mol. The Balaban J connectivity index is 1.84. The molecular weight excluding hydrogens is 364 g/mol. The highest BCUT2D eigenvalue weighted by atomic mass is 79.9. The Kier molecular flexibility index (Phi) is 7.56. The zero-order valence-corrected chi connectivity index (χ0v) is 17.0. The molecule has 1 aromatic rings. The van der Waals surface area contributed by atoms with Crippen molar-refractivity contribution < 1.29 is 0 Å². The van der Waals surface area contributed by atoms with Gasteiger partial charge in [-0.15, -0.1) is 0 Å². The van der Waals surface area contributed by atoms with Crippen LogP contribution >= 0.6 is 15.9 Å². The lowest BCUT2D eigenvalue weighted by molar-refractivity contribution is 0.140. The first-order valence-corrected chi connectivity index (χ1v) is 9.69. The van der Waals surface area contributed by atoms with E-state index in [4.69, 9.17) is 0 Å². The van der Waals surface area contributed by atoms with E-state index in [1.165, 1.54) is 31.5 Å². The summed E-state index contributed by atoms with van der Waals surface area (Å²) in [5, 5.41) is 3.57. The second-order valence-corrected chi connectivity index (χ2v) is 7.92. The topological polar surface area (TPSA) is 30.9 Å². The smallest absolute Gasteiger partial charge is 0.193 e. The molecule has 1 atom stereocenters. The molecule has 0 radical (unpaired) electrons. The molecule has 0 aromatic heterocycles. The van der Waals surface area contributed by atoms with Crippen molar-refractivity contribution in [3.8, 4) is 0 Å². The fraction of sp³-hybridized carbons (Fsp3) is 0.632. The van der Waals surface area contributed by atoms with Crippen molar-refractivity contribution in [1.29, 1.82) is 0 Å². The number of aliphatic imine (C=N–C) groups is 1. The number of rotatable bonds is 5. The predicted molar refractivity (Wildman–Crippen MR) is 106 cm³/mol. The zero-order valence-electron chi connectivity index (χ0n) is 15.4. The van der Waals surface area contributed by atoms with Crippen LogP contribution in [-0.2, 0) is 6.54 Å². The lowest BCUT2D eigenvalue weighted by Gasteiger charge is -2.36. The summed E-state index contributed by atoms with van der Waals surface area (Å²) in [4.78, 5) is 9.22. The maximum absolute atomic E-state index is 4.45. The molecule has 1 unspecified atom stereocenters. The van der Waals surface area contributed by atoms with E-state index in [1.54, 1.807) is 0 Å². The highest BCUT2D eigenvalue weighted by Crippen LogP contribution is 2.18. The highest BCUT2D eigenvalue weighted by molar-refractivity contribution is 9.10. The molecular formula is C19H31BrN4. The number of benzene rings is 1. The summed E-state index contributed by atoms with van der Waals surface area (Å²) in [5.41, 5.74) is 1.28. The molecule has 0 spiro atoms. The van der Waals surface area contributed by atoms with Gasteiger partial charge in [0.15, 0.2) is 5.96 Å². The molecule has 0 saturated carbocycles. The molecule has 5 heteroatoms. The van der Waals surface area contributed by atoms with Crippen LogP contribution in [-0.4, -0.2) is 55.5 Å². The quantitative estimate of drug-likeness (QED) is 0.611. The molecule has 1 N–H and O–H groups in total. The molecule has 1 aromatic carbocycles. The molecule has 0 bridgehead atoms. The first kappa shape index (κ1) is 19.3. The number of nitrogens with one attached hydrogen (secondary N) is 1. The minimum absolute atomic E-state index is 0.646. The first-order chi connectivity index (χ1) is 11.5. The van der Waals surface area contributed by atoms with Crippen LogP contribution in [0.5, 0.6) is 0 Å². The van der Waals surface area contributed by atoms with Crippen LogP contribution in [0.25, 0.3) is 0 Å². The fourth-order valence-electron chi connectivity index (χ4n) is 3.29. The van der Waals surface area contributed by atoms with E-state index >= 15 is 0 Å². The van der Waals surface area contributed by atoms with E-state index < -0.39 is 0 Å². The van der Waals surface area contributed by atoms with Gasteiger partial charge in [0.1, 0.15) is 0 Å². The van der Waals surface area contributed by atoms with Crippen molar-refractivity contribution in [2.45, 2.75) is 39.3 Å². The third-order valence-electron chi connectivity index (χ3n) is 4.74. The maximum Gasteiger partial charge on any atom is 0.193 e. The number of nitrogens with zero attached hydrogens (tertiary/aromatic N) is 3. The largest absolute Gasteiger partial charge is 0.356 e. The van der Waals surface area contributed by atoms with Crippen molar-refractivity contribution in [2.24, 2.45) is 10.9 Å². The zero-order chi connectivity index (χ0) is 17.5. The van der Waals surface area contributed by atoms with Gasteiger partial charge >= 0.3 is 0 Å². The molecule has 1 heterocycles. The third-order valence-corrected chi connectivity index (χ3v) is 5.26. The van der Waals surface area contributed by atoms with E-state index in [2.05, 4.69) is 81.2 Å². The number of piperidine rings is 1. The van der Waals surface area contributed by atoms with Crippen LogP contribution in [0.2, 0.25) is 0 Å². The Morgan fingerprint density at radius 2 is 2.08 bits per heavy atom. The van der Waals surface area contributed by atoms with Gasteiger partial charge in [-0.3, -0.25) is 4.99 Å². The molecule has 1 aliphatic heterocycles. The van der Waals surface area contributed by atoms with Crippen LogP contribution < -0.4 is 5.32 Å². The van der Waals surface area contributed by atoms with Gasteiger partial charge in [-0.1, -0.05) is 28.1 Å². The number of hydrogen-bond acceptors (Lipinski definition) is 2. The predicted octanol–water partition coefficient (Wildman–Crippen LogP) is 3.58. The minimum atomic E-state index is 0.646. The summed E-state index contributed by atoms with van der Waals surface area (Å²) < 4.78 is 1.11. The third kappa shape index (κ3) is 5.78. The molecule has 4 nitrogen and oxygen atoms in total. The van der Waals surface area contributed by atoms with Crippen molar-refractivity contribution in [3.63, 3.8) is 0 Å². The number of hydrogen-bond donors (Lipinski definition) is 1. The Morgan fingerprint density at radius 3 is 2.71 bits per heavy atom.